The molecule has 2 aliphatic heterocycles. The Morgan fingerprint density at radius 2 is 1.85 bits per heavy atom. The van der Waals surface area contributed by atoms with Gasteiger partial charge in [-0.2, -0.15) is 0 Å². The molecule has 2 aliphatic rings. The zero-order valence-electron chi connectivity index (χ0n) is 11.4. The Hall–Kier alpha value is -1.69. The van der Waals surface area contributed by atoms with Crippen molar-refractivity contribution in [2.24, 2.45) is 11.8 Å². The second kappa shape index (κ2) is 4.70. The standard InChI is InChI=1S/C14H17N5S/c1-10-4-15-9-17-13(10)18-5-11-7-19(8-12(11)6-18)14-16-2-3-20-14/h2-4,9,11-12H,5-8H2,1H3. The van der Waals surface area contributed by atoms with Gasteiger partial charge in [0.1, 0.15) is 12.1 Å². The average molecular weight is 287 g/mol. The van der Waals surface area contributed by atoms with Crippen molar-refractivity contribution in [3.63, 3.8) is 0 Å². The number of fused-ring (bicyclic) bond motifs is 1. The maximum absolute atomic E-state index is 4.45. The minimum atomic E-state index is 0.730. The lowest BCUT2D eigenvalue weighted by Crippen LogP contribution is -2.29. The lowest BCUT2D eigenvalue weighted by molar-refractivity contribution is 0.533. The number of rotatable bonds is 2. The summed E-state index contributed by atoms with van der Waals surface area (Å²) in [6, 6.07) is 0. The molecule has 0 aromatic carbocycles. The predicted molar refractivity (Wildman–Crippen MR) is 80.3 cm³/mol. The second-order valence-electron chi connectivity index (χ2n) is 5.67. The molecule has 4 heterocycles. The topological polar surface area (TPSA) is 45.2 Å². The highest BCUT2D eigenvalue weighted by Crippen LogP contribution is 2.36. The van der Waals surface area contributed by atoms with Crippen LogP contribution in [0.5, 0.6) is 0 Å². The first-order chi connectivity index (χ1) is 9.81. The Kier molecular flexibility index (Phi) is 2.84. The van der Waals surface area contributed by atoms with Crippen LogP contribution in [0.2, 0.25) is 0 Å². The predicted octanol–water partition coefficient (Wildman–Crippen LogP) is 1.81. The Morgan fingerprint density at radius 3 is 2.50 bits per heavy atom. The van der Waals surface area contributed by atoms with Gasteiger partial charge in [-0.15, -0.1) is 11.3 Å². The number of hydrogen-bond acceptors (Lipinski definition) is 6. The normalized spacial score (nSPS) is 25.2. The molecule has 5 nitrogen and oxygen atoms in total. The van der Waals surface area contributed by atoms with Crippen LogP contribution < -0.4 is 9.80 Å². The van der Waals surface area contributed by atoms with Crippen LogP contribution in [0.3, 0.4) is 0 Å². The van der Waals surface area contributed by atoms with Gasteiger partial charge in [0, 0.05) is 61.4 Å². The molecule has 20 heavy (non-hydrogen) atoms. The summed E-state index contributed by atoms with van der Waals surface area (Å²) < 4.78 is 0. The molecule has 104 valence electrons. The van der Waals surface area contributed by atoms with E-state index in [4.69, 9.17) is 0 Å². The summed E-state index contributed by atoms with van der Waals surface area (Å²) in [4.78, 5) is 17.8. The largest absolute Gasteiger partial charge is 0.356 e. The monoisotopic (exact) mass is 287 g/mol. The van der Waals surface area contributed by atoms with Gasteiger partial charge in [-0.05, 0) is 6.92 Å². The molecule has 0 aliphatic carbocycles. The summed E-state index contributed by atoms with van der Waals surface area (Å²) >= 11 is 1.74. The highest BCUT2D eigenvalue weighted by Gasteiger charge is 2.41. The fraction of sp³-hybridized carbons (Fsp3) is 0.500. The van der Waals surface area contributed by atoms with Crippen molar-refractivity contribution in [3.05, 3.63) is 29.7 Å². The summed E-state index contributed by atoms with van der Waals surface area (Å²) in [5.74, 6) is 2.57. The summed E-state index contributed by atoms with van der Waals surface area (Å²) in [7, 11) is 0. The van der Waals surface area contributed by atoms with Crippen molar-refractivity contribution in [1.82, 2.24) is 15.0 Å². The molecule has 2 fully saturated rings. The molecule has 0 amide bonds. The van der Waals surface area contributed by atoms with Crippen LogP contribution in [-0.4, -0.2) is 41.1 Å². The van der Waals surface area contributed by atoms with Crippen molar-refractivity contribution in [2.45, 2.75) is 6.92 Å². The minimum absolute atomic E-state index is 0.730. The molecule has 2 unspecified atom stereocenters. The molecular formula is C14H17N5S. The molecule has 6 heteroatoms. The number of anilines is 2. The molecule has 2 aromatic rings. The fourth-order valence-electron chi connectivity index (χ4n) is 3.42. The van der Waals surface area contributed by atoms with Crippen LogP contribution >= 0.6 is 11.3 Å². The SMILES string of the molecule is Cc1cncnc1N1CC2CN(c3nccs3)CC2C1. The highest BCUT2D eigenvalue weighted by atomic mass is 32.1. The van der Waals surface area contributed by atoms with Crippen LogP contribution in [0.15, 0.2) is 24.1 Å². The smallest absolute Gasteiger partial charge is 0.185 e. The van der Waals surface area contributed by atoms with Gasteiger partial charge < -0.3 is 9.80 Å². The lowest BCUT2D eigenvalue weighted by atomic mass is 10.0. The van der Waals surface area contributed by atoms with Crippen molar-refractivity contribution >= 4 is 22.3 Å². The first kappa shape index (κ1) is 12.1. The quantitative estimate of drug-likeness (QED) is 0.843. The second-order valence-corrected chi connectivity index (χ2v) is 6.55. The van der Waals surface area contributed by atoms with E-state index < -0.39 is 0 Å². The highest BCUT2D eigenvalue weighted by molar-refractivity contribution is 7.13. The molecule has 0 spiro atoms. The van der Waals surface area contributed by atoms with Crippen molar-refractivity contribution < 1.29 is 0 Å². The Morgan fingerprint density at radius 1 is 1.10 bits per heavy atom. The first-order valence-corrected chi connectivity index (χ1v) is 7.85. The van der Waals surface area contributed by atoms with Crippen LogP contribution in [0.25, 0.3) is 0 Å². The van der Waals surface area contributed by atoms with E-state index in [1.165, 1.54) is 10.7 Å². The van der Waals surface area contributed by atoms with E-state index in [0.717, 1.165) is 43.8 Å². The van der Waals surface area contributed by atoms with Gasteiger partial charge in [0.05, 0.1) is 0 Å². The maximum Gasteiger partial charge on any atom is 0.185 e. The zero-order chi connectivity index (χ0) is 13.5. The zero-order valence-corrected chi connectivity index (χ0v) is 12.3. The van der Waals surface area contributed by atoms with Crippen molar-refractivity contribution in [1.29, 1.82) is 0 Å². The lowest BCUT2D eigenvalue weighted by Gasteiger charge is -2.22. The first-order valence-electron chi connectivity index (χ1n) is 6.97. The number of aromatic nitrogens is 3. The van der Waals surface area contributed by atoms with Gasteiger partial charge in [0.2, 0.25) is 0 Å². The fourth-order valence-corrected chi connectivity index (χ4v) is 4.08. The summed E-state index contributed by atoms with van der Waals surface area (Å²) in [6.45, 7) is 6.54. The molecule has 2 atom stereocenters. The third kappa shape index (κ3) is 1.95. The molecule has 2 saturated heterocycles. The Labute approximate surface area is 122 Å². The number of hydrogen-bond donors (Lipinski definition) is 0. The Bertz CT molecular complexity index is 585. The van der Waals surface area contributed by atoms with Gasteiger partial charge >= 0.3 is 0 Å². The van der Waals surface area contributed by atoms with Gasteiger partial charge in [0.25, 0.3) is 0 Å². The maximum atomic E-state index is 4.45. The van der Waals surface area contributed by atoms with Crippen LogP contribution in [-0.2, 0) is 0 Å². The molecule has 0 saturated carbocycles. The number of nitrogens with zero attached hydrogens (tertiary/aromatic N) is 5. The van der Waals surface area contributed by atoms with Crippen molar-refractivity contribution in [3.8, 4) is 0 Å². The van der Waals surface area contributed by atoms with E-state index >= 15 is 0 Å². The molecule has 0 N–H and O–H groups in total. The number of thiazole rings is 1. The van der Waals surface area contributed by atoms with Gasteiger partial charge in [-0.3, -0.25) is 0 Å². The van der Waals surface area contributed by atoms with E-state index in [2.05, 4.69) is 37.1 Å². The van der Waals surface area contributed by atoms with Crippen LogP contribution in [0, 0.1) is 18.8 Å². The third-order valence-electron chi connectivity index (χ3n) is 4.34. The van der Waals surface area contributed by atoms with Crippen LogP contribution in [0.1, 0.15) is 5.56 Å². The van der Waals surface area contributed by atoms with E-state index in [0.29, 0.717) is 0 Å². The molecule has 4 rings (SSSR count). The molecule has 0 radical (unpaired) electrons. The van der Waals surface area contributed by atoms with E-state index in [1.807, 2.05) is 12.4 Å². The average Bonchev–Trinajstić information content (AvgIpc) is 3.14. The van der Waals surface area contributed by atoms with Crippen LogP contribution in [0.4, 0.5) is 10.9 Å². The van der Waals surface area contributed by atoms with Gasteiger partial charge in [0.15, 0.2) is 5.13 Å². The van der Waals surface area contributed by atoms with E-state index in [-0.39, 0.29) is 0 Å². The third-order valence-corrected chi connectivity index (χ3v) is 5.18. The van der Waals surface area contributed by atoms with E-state index in [9.17, 15) is 0 Å². The summed E-state index contributed by atoms with van der Waals surface area (Å²) in [6.07, 6.45) is 5.45. The van der Waals surface area contributed by atoms with Gasteiger partial charge in [-0.25, -0.2) is 15.0 Å². The van der Waals surface area contributed by atoms with E-state index in [1.54, 1.807) is 17.7 Å². The number of aryl methyl sites for hydroxylation is 1. The molecular weight excluding hydrogens is 270 g/mol. The Balaban J connectivity index is 1.48. The van der Waals surface area contributed by atoms with Gasteiger partial charge in [-0.1, -0.05) is 0 Å². The minimum Gasteiger partial charge on any atom is -0.356 e. The van der Waals surface area contributed by atoms with Crippen molar-refractivity contribution in [2.75, 3.05) is 36.0 Å². The molecule has 0 bridgehead atoms. The molecule has 2 aromatic heterocycles. The summed E-state index contributed by atoms with van der Waals surface area (Å²) in [5.41, 5.74) is 1.17. The summed E-state index contributed by atoms with van der Waals surface area (Å²) in [5, 5.41) is 3.23.